The van der Waals surface area contributed by atoms with Gasteiger partial charge in [-0.1, -0.05) is 25.7 Å². The summed E-state index contributed by atoms with van der Waals surface area (Å²) in [6.07, 6.45) is 5.71. The zero-order valence-electron chi connectivity index (χ0n) is 15.3. The van der Waals surface area contributed by atoms with E-state index in [9.17, 15) is 4.79 Å². The molecule has 0 aliphatic heterocycles. The number of ketones is 1. The smallest absolute Gasteiger partial charge is 0.163 e. The van der Waals surface area contributed by atoms with Gasteiger partial charge in [-0.25, -0.2) is 4.99 Å². The van der Waals surface area contributed by atoms with Gasteiger partial charge in [0.15, 0.2) is 5.78 Å². The molecule has 0 amide bonds. The summed E-state index contributed by atoms with van der Waals surface area (Å²) in [5.41, 5.74) is 3.98. The quantitative estimate of drug-likeness (QED) is 0.432. The Morgan fingerprint density at radius 2 is 1.87 bits per heavy atom. The van der Waals surface area contributed by atoms with Crippen molar-refractivity contribution < 1.29 is 4.79 Å². The van der Waals surface area contributed by atoms with E-state index < -0.39 is 0 Å². The van der Waals surface area contributed by atoms with Crippen molar-refractivity contribution in [2.45, 2.75) is 59.8 Å². The van der Waals surface area contributed by atoms with Gasteiger partial charge in [0.2, 0.25) is 0 Å². The first-order valence-electron chi connectivity index (χ1n) is 8.83. The summed E-state index contributed by atoms with van der Waals surface area (Å²) >= 11 is 0. The first kappa shape index (κ1) is 17.7. The van der Waals surface area contributed by atoms with Gasteiger partial charge in [-0.3, -0.25) is 4.79 Å². The fraction of sp³-hybridized carbons (Fsp3) is 0.600. The van der Waals surface area contributed by atoms with Crippen LogP contribution in [0.5, 0.6) is 0 Å². The molecule has 1 aliphatic rings. The zero-order valence-corrected chi connectivity index (χ0v) is 15.3. The molecule has 1 fully saturated rings. The maximum Gasteiger partial charge on any atom is 0.163 e. The molecule has 0 saturated heterocycles. The Morgan fingerprint density at radius 3 is 2.48 bits per heavy atom. The number of benzene rings is 1. The van der Waals surface area contributed by atoms with Gasteiger partial charge in [-0.15, -0.1) is 0 Å². The zero-order chi connectivity index (χ0) is 17.0. The standard InChI is InChI=1S/C20H30N2O/c1-6-22(5)16(4)21-19-12-14(2)18(11-15(19)3)20(23)13-17-9-7-8-10-17/h11-12,17H,6-10,13H2,1-5H3. The number of Topliss-reactive ketones (excluding diaryl/α,β-unsaturated/α-hetero) is 1. The third-order valence-corrected chi connectivity index (χ3v) is 5.10. The molecule has 1 aromatic rings. The second-order valence-electron chi connectivity index (χ2n) is 6.90. The molecule has 3 nitrogen and oxygen atoms in total. The van der Waals surface area contributed by atoms with E-state index in [-0.39, 0.29) is 0 Å². The van der Waals surface area contributed by atoms with E-state index >= 15 is 0 Å². The van der Waals surface area contributed by atoms with Crippen molar-refractivity contribution in [3.63, 3.8) is 0 Å². The highest BCUT2D eigenvalue weighted by Crippen LogP contribution is 2.30. The average Bonchev–Trinajstić information content (AvgIpc) is 3.02. The molecule has 0 unspecified atom stereocenters. The summed E-state index contributed by atoms with van der Waals surface area (Å²) in [5, 5.41) is 0. The predicted octanol–water partition coefficient (Wildman–Crippen LogP) is 5.07. The Kier molecular flexibility index (Phi) is 5.97. The highest BCUT2D eigenvalue weighted by molar-refractivity contribution is 5.98. The van der Waals surface area contributed by atoms with Gasteiger partial charge in [0.1, 0.15) is 5.84 Å². The van der Waals surface area contributed by atoms with Crippen LogP contribution in [0.15, 0.2) is 17.1 Å². The third-order valence-electron chi connectivity index (χ3n) is 5.10. The number of carbonyl (C=O) groups is 1. The summed E-state index contributed by atoms with van der Waals surface area (Å²) in [5.74, 6) is 1.90. The summed E-state index contributed by atoms with van der Waals surface area (Å²) in [6, 6.07) is 4.09. The van der Waals surface area contributed by atoms with Crippen LogP contribution in [0.1, 0.15) is 67.4 Å². The second kappa shape index (κ2) is 7.76. The lowest BCUT2D eigenvalue weighted by Crippen LogP contribution is -2.23. The molecule has 0 N–H and O–H groups in total. The van der Waals surface area contributed by atoms with Crippen LogP contribution >= 0.6 is 0 Å². The summed E-state index contributed by atoms with van der Waals surface area (Å²) in [7, 11) is 2.04. The van der Waals surface area contributed by atoms with E-state index in [1.807, 2.05) is 33.9 Å². The lowest BCUT2D eigenvalue weighted by atomic mass is 9.93. The van der Waals surface area contributed by atoms with E-state index in [1.54, 1.807) is 0 Å². The fourth-order valence-electron chi connectivity index (χ4n) is 3.30. The molecule has 2 rings (SSSR count). The van der Waals surface area contributed by atoms with Crippen LogP contribution < -0.4 is 0 Å². The van der Waals surface area contributed by atoms with Gasteiger partial charge in [0.05, 0.1) is 5.69 Å². The molecule has 0 bridgehead atoms. The summed E-state index contributed by atoms with van der Waals surface area (Å²) in [4.78, 5) is 19.5. The SMILES string of the molecule is CCN(C)C(C)=Nc1cc(C)c(C(=O)CC2CCCC2)cc1C. The maximum absolute atomic E-state index is 12.6. The Morgan fingerprint density at radius 1 is 1.22 bits per heavy atom. The topological polar surface area (TPSA) is 32.7 Å². The van der Waals surface area contributed by atoms with Crippen molar-refractivity contribution in [3.8, 4) is 0 Å². The van der Waals surface area contributed by atoms with Crippen molar-refractivity contribution in [2.24, 2.45) is 10.9 Å². The number of hydrogen-bond donors (Lipinski definition) is 0. The minimum absolute atomic E-state index is 0.301. The van der Waals surface area contributed by atoms with E-state index in [2.05, 4.69) is 17.9 Å². The van der Waals surface area contributed by atoms with Crippen LogP contribution in [0.2, 0.25) is 0 Å². The van der Waals surface area contributed by atoms with Crippen molar-refractivity contribution in [1.82, 2.24) is 4.90 Å². The lowest BCUT2D eigenvalue weighted by Gasteiger charge is -2.17. The highest BCUT2D eigenvalue weighted by atomic mass is 16.1. The van der Waals surface area contributed by atoms with Crippen LogP contribution in [-0.4, -0.2) is 30.1 Å². The van der Waals surface area contributed by atoms with Gasteiger partial charge < -0.3 is 4.90 Å². The van der Waals surface area contributed by atoms with Crippen LogP contribution in [0.25, 0.3) is 0 Å². The fourth-order valence-corrected chi connectivity index (χ4v) is 3.30. The maximum atomic E-state index is 12.6. The largest absolute Gasteiger partial charge is 0.364 e. The molecule has 1 saturated carbocycles. The monoisotopic (exact) mass is 314 g/mol. The van der Waals surface area contributed by atoms with Gasteiger partial charge in [0, 0.05) is 25.6 Å². The van der Waals surface area contributed by atoms with Crippen molar-refractivity contribution >= 4 is 17.3 Å². The van der Waals surface area contributed by atoms with Crippen LogP contribution in [0.3, 0.4) is 0 Å². The average molecular weight is 314 g/mol. The number of aryl methyl sites for hydroxylation is 2. The van der Waals surface area contributed by atoms with E-state index in [0.717, 1.165) is 34.8 Å². The molecule has 3 heteroatoms. The number of carbonyl (C=O) groups excluding carboxylic acids is 1. The van der Waals surface area contributed by atoms with E-state index in [4.69, 9.17) is 4.99 Å². The molecule has 0 radical (unpaired) electrons. The number of nitrogens with zero attached hydrogens (tertiary/aromatic N) is 2. The Bertz CT molecular complexity index is 598. The Balaban J connectivity index is 2.21. The normalized spacial score (nSPS) is 16.0. The van der Waals surface area contributed by atoms with Crippen LogP contribution in [0, 0.1) is 19.8 Å². The third kappa shape index (κ3) is 4.43. The number of aliphatic imine (C=N–C) groups is 1. The number of hydrogen-bond acceptors (Lipinski definition) is 2. The molecule has 23 heavy (non-hydrogen) atoms. The minimum atomic E-state index is 0.301. The first-order valence-corrected chi connectivity index (χ1v) is 8.83. The Labute approximate surface area is 140 Å². The molecule has 0 atom stereocenters. The van der Waals surface area contributed by atoms with Crippen molar-refractivity contribution in [3.05, 3.63) is 28.8 Å². The summed E-state index contributed by atoms with van der Waals surface area (Å²) in [6.45, 7) is 9.15. The van der Waals surface area contributed by atoms with Gasteiger partial charge in [-0.05, 0) is 56.9 Å². The molecule has 0 heterocycles. The summed E-state index contributed by atoms with van der Waals surface area (Å²) < 4.78 is 0. The molecular formula is C20H30N2O. The molecule has 1 aliphatic carbocycles. The van der Waals surface area contributed by atoms with Gasteiger partial charge in [0.25, 0.3) is 0 Å². The minimum Gasteiger partial charge on any atom is -0.364 e. The Hall–Kier alpha value is -1.64. The molecule has 1 aromatic carbocycles. The molecular weight excluding hydrogens is 284 g/mol. The first-order chi connectivity index (χ1) is 10.9. The van der Waals surface area contributed by atoms with Gasteiger partial charge >= 0.3 is 0 Å². The molecule has 126 valence electrons. The number of amidine groups is 1. The number of rotatable bonds is 5. The van der Waals surface area contributed by atoms with Crippen molar-refractivity contribution in [1.29, 1.82) is 0 Å². The highest BCUT2D eigenvalue weighted by Gasteiger charge is 2.20. The lowest BCUT2D eigenvalue weighted by molar-refractivity contribution is 0.0961. The second-order valence-corrected chi connectivity index (χ2v) is 6.90. The van der Waals surface area contributed by atoms with Crippen molar-refractivity contribution in [2.75, 3.05) is 13.6 Å². The van der Waals surface area contributed by atoms with E-state index in [0.29, 0.717) is 18.1 Å². The van der Waals surface area contributed by atoms with Crippen LogP contribution in [0.4, 0.5) is 5.69 Å². The molecule has 0 aromatic heterocycles. The molecule has 0 spiro atoms. The van der Waals surface area contributed by atoms with E-state index in [1.165, 1.54) is 25.7 Å². The van der Waals surface area contributed by atoms with Gasteiger partial charge in [-0.2, -0.15) is 0 Å². The predicted molar refractivity (Wildman–Crippen MR) is 97.9 cm³/mol. The van der Waals surface area contributed by atoms with Crippen LogP contribution in [-0.2, 0) is 0 Å².